The second kappa shape index (κ2) is 9.28. The standard InChI is InChI=1S/C22H24F2N6O2S/c1-28(2)21-15-20(25-18-7-3-16(23)4-8-18)26-22(27-21)29-11-13-30(14-12-29)33(31,32)19-9-5-17(24)6-10-19/h3-10,15H,11-14H2,1-2H3,(H,25,26,27). The predicted molar refractivity (Wildman–Crippen MR) is 123 cm³/mol. The van der Waals surface area contributed by atoms with Crippen LogP contribution < -0.4 is 15.1 Å². The first-order valence-electron chi connectivity index (χ1n) is 10.3. The van der Waals surface area contributed by atoms with Gasteiger partial charge < -0.3 is 15.1 Å². The van der Waals surface area contributed by atoms with Crippen LogP contribution in [0.25, 0.3) is 0 Å². The average Bonchev–Trinajstić information content (AvgIpc) is 2.81. The Bertz CT molecular complexity index is 1210. The number of nitrogens with one attached hydrogen (secondary N) is 1. The van der Waals surface area contributed by atoms with Gasteiger partial charge in [-0.1, -0.05) is 0 Å². The summed E-state index contributed by atoms with van der Waals surface area (Å²) >= 11 is 0. The number of halogens is 2. The van der Waals surface area contributed by atoms with E-state index >= 15 is 0 Å². The van der Waals surface area contributed by atoms with Gasteiger partial charge in [-0.15, -0.1) is 0 Å². The van der Waals surface area contributed by atoms with Gasteiger partial charge >= 0.3 is 0 Å². The summed E-state index contributed by atoms with van der Waals surface area (Å²) in [6.45, 7) is 1.28. The van der Waals surface area contributed by atoms with E-state index in [0.29, 0.717) is 36.4 Å². The largest absolute Gasteiger partial charge is 0.363 e. The zero-order valence-corrected chi connectivity index (χ0v) is 19.1. The summed E-state index contributed by atoms with van der Waals surface area (Å²) in [6.07, 6.45) is 0. The van der Waals surface area contributed by atoms with E-state index in [1.54, 1.807) is 18.2 Å². The van der Waals surface area contributed by atoms with Crippen LogP contribution in [0.1, 0.15) is 0 Å². The number of rotatable bonds is 6. The Labute approximate surface area is 191 Å². The Morgan fingerprint density at radius 1 is 0.879 bits per heavy atom. The van der Waals surface area contributed by atoms with Crippen molar-refractivity contribution < 1.29 is 17.2 Å². The molecule has 33 heavy (non-hydrogen) atoms. The number of hydrogen-bond acceptors (Lipinski definition) is 7. The highest BCUT2D eigenvalue weighted by molar-refractivity contribution is 7.89. The van der Waals surface area contributed by atoms with Crippen molar-refractivity contribution in [3.63, 3.8) is 0 Å². The van der Waals surface area contributed by atoms with Crippen LogP contribution in [0.15, 0.2) is 59.5 Å². The molecule has 11 heteroatoms. The van der Waals surface area contributed by atoms with Gasteiger partial charge in [0.25, 0.3) is 0 Å². The Kier molecular flexibility index (Phi) is 6.43. The highest BCUT2D eigenvalue weighted by Crippen LogP contribution is 2.24. The van der Waals surface area contributed by atoms with Crippen LogP contribution in [0.3, 0.4) is 0 Å². The molecule has 8 nitrogen and oxygen atoms in total. The number of aromatic nitrogens is 2. The Hall–Kier alpha value is -3.31. The summed E-state index contributed by atoms with van der Waals surface area (Å²) in [5.74, 6) is 0.861. The molecule has 0 aliphatic carbocycles. The molecule has 0 saturated carbocycles. The maximum Gasteiger partial charge on any atom is 0.243 e. The zero-order chi connectivity index (χ0) is 23.6. The van der Waals surface area contributed by atoms with Crippen molar-refractivity contribution in [2.75, 3.05) is 55.4 Å². The van der Waals surface area contributed by atoms with Crippen LogP contribution in [0, 0.1) is 11.6 Å². The van der Waals surface area contributed by atoms with Crippen molar-refractivity contribution in [3.05, 3.63) is 66.2 Å². The monoisotopic (exact) mass is 474 g/mol. The average molecular weight is 475 g/mol. The van der Waals surface area contributed by atoms with Crippen LogP contribution in [0.2, 0.25) is 0 Å². The molecule has 4 rings (SSSR count). The lowest BCUT2D eigenvalue weighted by Gasteiger charge is -2.34. The molecule has 0 spiro atoms. The maximum absolute atomic E-state index is 13.2. The zero-order valence-electron chi connectivity index (χ0n) is 18.2. The van der Waals surface area contributed by atoms with Gasteiger partial charge in [-0.2, -0.15) is 14.3 Å². The number of hydrogen-bond donors (Lipinski definition) is 1. The summed E-state index contributed by atoms with van der Waals surface area (Å²) < 4.78 is 53.5. The first kappa shape index (κ1) is 22.9. The van der Waals surface area contributed by atoms with E-state index in [2.05, 4.69) is 15.3 Å². The first-order chi connectivity index (χ1) is 15.7. The Morgan fingerprint density at radius 2 is 1.45 bits per heavy atom. The smallest absolute Gasteiger partial charge is 0.243 e. The third kappa shape index (κ3) is 5.20. The lowest BCUT2D eigenvalue weighted by atomic mass is 10.3. The topological polar surface area (TPSA) is 81.7 Å². The minimum atomic E-state index is -3.71. The Balaban J connectivity index is 1.51. The van der Waals surface area contributed by atoms with Gasteiger partial charge in [0.2, 0.25) is 16.0 Å². The molecule has 1 saturated heterocycles. The van der Waals surface area contributed by atoms with E-state index in [4.69, 9.17) is 0 Å². The fourth-order valence-electron chi connectivity index (χ4n) is 3.42. The van der Waals surface area contributed by atoms with Gasteiger partial charge in [-0.25, -0.2) is 17.2 Å². The lowest BCUT2D eigenvalue weighted by molar-refractivity contribution is 0.382. The molecule has 1 aromatic heterocycles. The molecular weight excluding hydrogens is 450 g/mol. The van der Waals surface area contributed by atoms with Crippen LogP contribution >= 0.6 is 0 Å². The summed E-state index contributed by atoms with van der Waals surface area (Å²) in [4.78, 5) is 13.0. The number of anilines is 4. The second-order valence-corrected chi connectivity index (χ2v) is 9.72. The second-order valence-electron chi connectivity index (χ2n) is 7.78. The SMILES string of the molecule is CN(C)c1cc(Nc2ccc(F)cc2)nc(N2CCN(S(=O)(=O)c3ccc(F)cc3)CC2)n1. The molecule has 0 amide bonds. The molecule has 1 N–H and O–H groups in total. The van der Waals surface area contributed by atoms with E-state index < -0.39 is 15.8 Å². The molecular formula is C22H24F2N6O2S. The Morgan fingerprint density at radius 3 is 2.03 bits per heavy atom. The normalized spacial score (nSPS) is 14.8. The van der Waals surface area contributed by atoms with Crippen LogP contribution in [-0.4, -0.2) is 63.0 Å². The molecule has 3 aromatic rings. The molecule has 174 valence electrons. The summed E-state index contributed by atoms with van der Waals surface area (Å²) in [5, 5.41) is 3.16. The van der Waals surface area contributed by atoms with Crippen molar-refractivity contribution in [3.8, 4) is 0 Å². The minimum Gasteiger partial charge on any atom is -0.363 e. The highest BCUT2D eigenvalue weighted by Gasteiger charge is 2.29. The van der Waals surface area contributed by atoms with Crippen molar-refractivity contribution in [1.29, 1.82) is 0 Å². The van der Waals surface area contributed by atoms with Crippen LogP contribution in [0.5, 0.6) is 0 Å². The van der Waals surface area contributed by atoms with Crippen LogP contribution in [-0.2, 0) is 10.0 Å². The first-order valence-corrected chi connectivity index (χ1v) is 11.8. The predicted octanol–water partition coefficient (Wildman–Crippen LogP) is 3.08. The molecule has 1 aliphatic heterocycles. The fraction of sp³-hybridized carbons (Fsp3) is 0.273. The fourth-order valence-corrected chi connectivity index (χ4v) is 4.84. The van der Waals surface area contributed by atoms with E-state index in [-0.39, 0.29) is 23.8 Å². The molecule has 2 aromatic carbocycles. The number of benzene rings is 2. The molecule has 0 unspecified atom stereocenters. The number of sulfonamides is 1. The third-order valence-electron chi connectivity index (χ3n) is 5.25. The molecule has 1 aliphatic rings. The van der Waals surface area contributed by atoms with E-state index in [1.807, 2.05) is 23.9 Å². The molecule has 2 heterocycles. The molecule has 0 bridgehead atoms. The van der Waals surface area contributed by atoms with Gasteiger partial charge in [0.15, 0.2) is 0 Å². The minimum absolute atomic E-state index is 0.0639. The van der Waals surface area contributed by atoms with E-state index in [0.717, 1.165) is 12.1 Å². The van der Waals surface area contributed by atoms with Crippen molar-refractivity contribution in [2.24, 2.45) is 0 Å². The molecule has 1 fully saturated rings. The number of nitrogens with zero attached hydrogens (tertiary/aromatic N) is 5. The maximum atomic E-state index is 13.2. The van der Waals surface area contributed by atoms with Gasteiger partial charge in [0, 0.05) is 52.0 Å². The quantitative estimate of drug-likeness (QED) is 0.588. The highest BCUT2D eigenvalue weighted by atomic mass is 32.2. The van der Waals surface area contributed by atoms with Gasteiger partial charge in [-0.05, 0) is 48.5 Å². The lowest BCUT2D eigenvalue weighted by Crippen LogP contribution is -2.49. The van der Waals surface area contributed by atoms with Crippen molar-refractivity contribution >= 4 is 33.3 Å². The van der Waals surface area contributed by atoms with Crippen molar-refractivity contribution in [1.82, 2.24) is 14.3 Å². The number of piperazine rings is 1. The summed E-state index contributed by atoms with van der Waals surface area (Å²) in [7, 11) is 0.0138. The van der Waals surface area contributed by atoms with Gasteiger partial charge in [-0.3, -0.25) is 0 Å². The van der Waals surface area contributed by atoms with E-state index in [1.165, 1.54) is 28.6 Å². The third-order valence-corrected chi connectivity index (χ3v) is 7.16. The van der Waals surface area contributed by atoms with E-state index in [9.17, 15) is 17.2 Å². The van der Waals surface area contributed by atoms with Gasteiger partial charge in [0.1, 0.15) is 23.3 Å². The summed E-state index contributed by atoms with van der Waals surface area (Å²) in [5.41, 5.74) is 0.681. The van der Waals surface area contributed by atoms with Crippen LogP contribution in [0.4, 0.5) is 32.1 Å². The van der Waals surface area contributed by atoms with Gasteiger partial charge in [0.05, 0.1) is 4.90 Å². The summed E-state index contributed by atoms with van der Waals surface area (Å²) in [6, 6.07) is 12.6. The molecule has 0 atom stereocenters. The molecule has 0 radical (unpaired) electrons. The van der Waals surface area contributed by atoms with Crippen molar-refractivity contribution in [2.45, 2.75) is 4.90 Å².